The summed E-state index contributed by atoms with van der Waals surface area (Å²) in [6.07, 6.45) is 1.75. The van der Waals surface area contributed by atoms with Crippen molar-refractivity contribution in [1.82, 2.24) is 4.98 Å². The summed E-state index contributed by atoms with van der Waals surface area (Å²) in [6, 6.07) is 15.8. The Hall–Kier alpha value is -2.70. The Morgan fingerprint density at radius 2 is 2.09 bits per heavy atom. The first-order valence-electron chi connectivity index (χ1n) is 7.05. The molecule has 0 radical (unpaired) electrons. The highest BCUT2D eigenvalue weighted by Gasteiger charge is 2.04. The molecule has 0 saturated carbocycles. The van der Waals surface area contributed by atoms with Gasteiger partial charge >= 0.3 is 0 Å². The van der Waals surface area contributed by atoms with Gasteiger partial charge in [0.25, 0.3) is 0 Å². The van der Waals surface area contributed by atoms with E-state index in [9.17, 15) is 5.11 Å². The van der Waals surface area contributed by atoms with Gasteiger partial charge in [0.05, 0.1) is 12.8 Å². The molecule has 1 heterocycles. The van der Waals surface area contributed by atoms with Crippen LogP contribution in [-0.4, -0.2) is 16.3 Å². The number of aliphatic hydroxyl groups is 1. The van der Waals surface area contributed by atoms with Gasteiger partial charge in [-0.25, -0.2) is 4.98 Å². The summed E-state index contributed by atoms with van der Waals surface area (Å²) in [5.41, 5.74) is 12.4. The largest absolute Gasteiger partial charge is 0.392 e. The molecule has 0 aliphatic heterocycles. The number of hydrazone groups is 1. The van der Waals surface area contributed by atoms with Crippen molar-refractivity contribution in [1.29, 1.82) is 0 Å². The van der Waals surface area contributed by atoms with Crippen LogP contribution in [0.25, 0.3) is 11.1 Å². The van der Waals surface area contributed by atoms with Crippen molar-refractivity contribution in [3.63, 3.8) is 0 Å². The van der Waals surface area contributed by atoms with Crippen LogP contribution in [0.15, 0.2) is 59.0 Å². The maximum Gasteiger partial charge on any atom is 0.205 e. The minimum Gasteiger partial charge on any atom is -0.392 e. The first kappa shape index (κ1) is 15.2. The Balaban J connectivity index is 1.85. The van der Waals surface area contributed by atoms with Crippen LogP contribution in [0.1, 0.15) is 11.1 Å². The van der Waals surface area contributed by atoms with Gasteiger partial charge in [-0.05, 0) is 22.8 Å². The van der Waals surface area contributed by atoms with E-state index in [-0.39, 0.29) is 6.61 Å². The van der Waals surface area contributed by atoms with Crippen LogP contribution < -0.4 is 11.2 Å². The van der Waals surface area contributed by atoms with Crippen molar-refractivity contribution >= 4 is 28.5 Å². The Labute approximate surface area is 138 Å². The van der Waals surface area contributed by atoms with Gasteiger partial charge in [-0.3, -0.25) is 5.43 Å². The minimum absolute atomic E-state index is 0.0249. The van der Waals surface area contributed by atoms with Crippen LogP contribution in [0.4, 0.5) is 10.9 Å². The molecule has 6 heteroatoms. The summed E-state index contributed by atoms with van der Waals surface area (Å²) in [4.78, 5) is 4.09. The predicted molar refractivity (Wildman–Crippen MR) is 95.5 cm³/mol. The first-order chi connectivity index (χ1) is 11.3. The fraction of sp³-hybridized carbons (Fsp3) is 0.0588. The molecule has 0 amide bonds. The zero-order valence-electron chi connectivity index (χ0n) is 12.3. The van der Waals surface area contributed by atoms with E-state index in [1.54, 1.807) is 11.6 Å². The standard InChI is InChI=1S/C17H16N4OS/c18-16-11-23-17(20-16)21-19-9-14-5-1-2-7-15(14)13-6-3-4-12(8-13)10-22/h1-9,11,22H,10,18H2,(H,20,21). The van der Waals surface area contributed by atoms with Crippen LogP contribution in [0.3, 0.4) is 0 Å². The molecule has 0 atom stereocenters. The molecule has 23 heavy (non-hydrogen) atoms. The SMILES string of the molecule is Nc1csc(NN=Cc2ccccc2-c2cccc(CO)c2)n1. The Kier molecular flexibility index (Phi) is 4.65. The molecule has 0 spiro atoms. The predicted octanol–water partition coefficient (Wildman–Crippen LogP) is 3.33. The lowest BCUT2D eigenvalue weighted by molar-refractivity contribution is 0.282. The van der Waals surface area contributed by atoms with Crippen LogP contribution in [0.5, 0.6) is 0 Å². The molecule has 0 bridgehead atoms. The number of hydrogen-bond acceptors (Lipinski definition) is 6. The molecule has 0 unspecified atom stereocenters. The number of nitrogens with zero attached hydrogens (tertiary/aromatic N) is 2. The topological polar surface area (TPSA) is 83.5 Å². The van der Waals surface area contributed by atoms with Gasteiger partial charge in [-0.2, -0.15) is 5.10 Å². The van der Waals surface area contributed by atoms with Gasteiger partial charge in [0.1, 0.15) is 5.82 Å². The third-order valence-electron chi connectivity index (χ3n) is 3.27. The molecule has 3 aromatic rings. The molecule has 5 nitrogen and oxygen atoms in total. The monoisotopic (exact) mass is 324 g/mol. The zero-order valence-corrected chi connectivity index (χ0v) is 13.1. The fourth-order valence-electron chi connectivity index (χ4n) is 2.20. The summed E-state index contributed by atoms with van der Waals surface area (Å²) in [6.45, 7) is 0.0249. The number of thiazole rings is 1. The summed E-state index contributed by atoms with van der Waals surface area (Å²) >= 11 is 1.40. The summed E-state index contributed by atoms with van der Waals surface area (Å²) in [5, 5.41) is 15.9. The van der Waals surface area contributed by atoms with E-state index in [0.29, 0.717) is 10.9 Å². The molecule has 3 rings (SSSR count). The van der Waals surface area contributed by atoms with Crippen molar-refractivity contribution in [2.45, 2.75) is 6.61 Å². The maximum absolute atomic E-state index is 9.30. The van der Waals surface area contributed by atoms with E-state index in [4.69, 9.17) is 5.73 Å². The van der Waals surface area contributed by atoms with Crippen LogP contribution in [0, 0.1) is 0 Å². The lowest BCUT2D eigenvalue weighted by Crippen LogP contribution is -1.93. The lowest BCUT2D eigenvalue weighted by atomic mass is 9.99. The quantitative estimate of drug-likeness (QED) is 0.496. The van der Waals surface area contributed by atoms with Crippen molar-refractivity contribution in [3.05, 3.63) is 65.0 Å². The first-order valence-corrected chi connectivity index (χ1v) is 7.93. The van der Waals surface area contributed by atoms with Gasteiger partial charge in [-0.15, -0.1) is 11.3 Å². The Morgan fingerprint density at radius 1 is 1.22 bits per heavy atom. The number of nitrogen functional groups attached to an aromatic ring is 1. The van der Waals surface area contributed by atoms with E-state index in [0.717, 1.165) is 22.3 Å². The number of benzene rings is 2. The average Bonchev–Trinajstić information content (AvgIpc) is 3.01. The normalized spacial score (nSPS) is 11.0. The summed E-state index contributed by atoms with van der Waals surface area (Å²) in [7, 11) is 0. The van der Waals surface area contributed by atoms with Gasteiger partial charge in [-0.1, -0.05) is 42.5 Å². The van der Waals surface area contributed by atoms with Crippen LogP contribution in [0.2, 0.25) is 0 Å². The van der Waals surface area contributed by atoms with Crippen molar-refractivity contribution in [2.75, 3.05) is 11.2 Å². The van der Waals surface area contributed by atoms with E-state index in [1.807, 2.05) is 48.5 Å². The Morgan fingerprint density at radius 3 is 2.87 bits per heavy atom. The molecular weight excluding hydrogens is 308 g/mol. The number of hydrogen-bond donors (Lipinski definition) is 3. The molecular formula is C17H16N4OS. The average molecular weight is 324 g/mol. The molecule has 0 aliphatic carbocycles. The van der Waals surface area contributed by atoms with Crippen LogP contribution in [-0.2, 0) is 6.61 Å². The highest BCUT2D eigenvalue weighted by Crippen LogP contribution is 2.24. The second-order valence-corrected chi connectivity index (χ2v) is 5.75. The summed E-state index contributed by atoms with van der Waals surface area (Å²) in [5.74, 6) is 0.480. The van der Waals surface area contributed by atoms with Gasteiger partial charge in [0.2, 0.25) is 5.13 Å². The maximum atomic E-state index is 9.30. The van der Waals surface area contributed by atoms with E-state index in [2.05, 4.69) is 15.5 Å². The number of rotatable bonds is 5. The van der Waals surface area contributed by atoms with Crippen molar-refractivity contribution in [2.24, 2.45) is 5.10 Å². The van der Waals surface area contributed by atoms with E-state index in [1.165, 1.54) is 11.3 Å². The van der Waals surface area contributed by atoms with E-state index >= 15 is 0 Å². The third kappa shape index (κ3) is 3.74. The second-order valence-electron chi connectivity index (χ2n) is 4.89. The number of nitrogens with two attached hydrogens (primary N) is 1. The lowest BCUT2D eigenvalue weighted by Gasteiger charge is -2.07. The Bertz CT molecular complexity index is 829. The molecule has 116 valence electrons. The van der Waals surface area contributed by atoms with E-state index < -0.39 is 0 Å². The van der Waals surface area contributed by atoms with Gasteiger partial charge < -0.3 is 10.8 Å². The number of nitrogens with one attached hydrogen (secondary N) is 1. The molecule has 0 saturated heterocycles. The van der Waals surface area contributed by atoms with Crippen molar-refractivity contribution < 1.29 is 5.11 Å². The second kappa shape index (κ2) is 7.04. The number of anilines is 2. The highest BCUT2D eigenvalue weighted by atomic mass is 32.1. The number of aliphatic hydroxyl groups excluding tert-OH is 1. The molecule has 0 fully saturated rings. The van der Waals surface area contributed by atoms with Crippen LogP contribution >= 0.6 is 11.3 Å². The highest BCUT2D eigenvalue weighted by molar-refractivity contribution is 7.14. The number of aromatic nitrogens is 1. The molecule has 0 aliphatic rings. The zero-order chi connectivity index (χ0) is 16.1. The molecule has 2 aromatic carbocycles. The van der Waals surface area contributed by atoms with Gasteiger partial charge in [0, 0.05) is 10.9 Å². The smallest absolute Gasteiger partial charge is 0.205 e. The van der Waals surface area contributed by atoms with Crippen molar-refractivity contribution in [3.8, 4) is 11.1 Å². The molecule has 1 aromatic heterocycles. The third-order valence-corrected chi connectivity index (χ3v) is 4.03. The summed E-state index contributed by atoms with van der Waals surface area (Å²) < 4.78 is 0. The van der Waals surface area contributed by atoms with Gasteiger partial charge in [0.15, 0.2) is 0 Å². The fourth-order valence-corrected chi connectivity index (χ4v) is 2.75. The molecule has 4 N–H and O–H groups in total. The minimum atomic E-state index is 0.0249.